The highest BCUT2D eigenvalue weighted by Crippen LogP contribution is 2.36. The summed E-state index contributed by atoms with van der Waals surface area (Å²) in [6.07, 6.45) is 6.22. The van der Waals surface area contributed by atoms with Gasteiger partial charge in [-0.25, -0.2) is 0 Å². The number of ether oxygens (including phenoxy) is 2. The molecule has 0 N–H and O–H groups in total. The molecule has 0 saturated carbocycles. The lowest BCUT2D eigenvalue weighted by Gasteiger charge is -2.28. The third-order valence-electron chi connectivity index (χ3n) is 3.79. The topological polar surface area (TPSA) is 18.5 Å². The number of aryl methyl sites for hydroxylation is 1. The van der Waals surface area contributed by atoms with Crippen LogP contribution in [0.3, 0.4) is 0 Å². The molecule has 2 heterocycles. The normalized spacial score (nSPS) is 25.1. The standard InChI is InChI=1S/C15H19BrO2/c16-15(14-5-1-2-8-18-14)12-6-7-13-11(10-12)4-3-9-17-13/h6-7,10,14-15H,1-5,8-9H2. The second-order valence-electron chi connectivity index (χ2n) is 5.13. The van der Waals surface area contributed by atoms with E-state index in [0.717, 1.165) is 38.2 Å². The van der Waals surface area contributed by atoms with Crippen LogP contribution < -0.4 is 4.74 Å². The van der Waals surface area contributed by atoms with E-state index >= 15 is 0 Å². The molecule has 2 aliphatic rings. The number of hydrogen-bond donors (Lipinski definition) is 0. The van der Waals surface area contributed by atoms with Gasteiger partial charge >= 0.3 is 0 Å². The van der Waals surface area contributed by atoms with Crippen molar-refractivity contribution in [1.82, 2.24) is 0 Å². The van der Waals surface area contributed by atoms with E-state index in [-0.39, 0.29) is 0 Å². The molecular weight excluding hydrogens is 292 g/mol. The van der Waals surface area contributed by atoms with Crippen LogP contribution >= 0.6 is 15.9 Å². The minimum atomic E-state index is 0.310. The summed E-state index contributed by atoms with van der Waals surface area (Å²) in [6.45, 7) is 1.76. The van der Waals surface area contributed by atoms with Gasteiger partial charge in [0, 0.05) is 6.61 Å². The van der Waals surface area contributed by atoms with Crippen molar-refractivity contribution in [1.29, 1.82) is 0 Å². The summed E-state index contributed by atoms with van der Waals surface area (Å²) in [5, 5.41) is 0. The highest BCUT2D eigenvalue weighted by Gasteiger charge is 2.24. The van der Waals surface area contributed by atoms with Crippen LogP contribution in [0.5, 0.6) is 5.75 Å². The molecule has 2 atom stereocenters. The predicted molar refractivity (Wildman–Crippen MR) is 75.5 cm³/mol. The van der Waals surface area contributed by atoms with Gasteiger partial charge in [0.25, 0.3) is 0 Å². The average molecular weight is 311 g/mol. The summed E-state index contributed by atoms with van der Waals surface area (Å²) < 4.78 is 11.5. The van der Waals surface area contributed by atoms with Crippen LogP contribution in [-0.2, 0) is 11.2 Å². The third-order valence-corrected chi connectivity index (χ3v) is 4.91. The van der Waals surface area contributed by atoms with E-state index in [2.05, 4.69) is 34.1 Å². The summed E-state index contributed by atoms with van der Waals surface area (Å²) in [6, 6.07) is 6.56. The van der Waals surface area contributed by atoms with Crippen molar-refractivity contribution in [3.05, 3.63) is 29.3 Å². The van der Waals surface area contributed by atoms with Gasteiger partial charge in [-0.15, -0.1) is 0 Å². The zero-order valence-corrected chi connectivity index (χ0v) is 12.1. The Balaban J connectivity index is 1.78. The molecule has 2 aliphatic heterocycles. The molecule has 98 valence electrons. The van der Waals surface area contributed by atoms with Crippen molar-refractivity contribution in [2.75, 3.05) is 13.2 Å². The first-order valence-electron chi connectivity index (χ1n) is 6.86. The zero-order valence-electron chi connectivity index (χ0n) is 10.5. The van der Waals surface area contributed by atoms with Gasteiger partial charge < -0.3 is 9.47 Å². The second-order valence-corrected chi connectivity index (χ2v) is 6.11. The molecule has 1 aromatic carbocycles. The number of fused-ring (bicyclic) bond motifs is 1. The first-order valence-corrected chi connectivity index (χ1v) is 7.77. The van der Waals surface area contributed by atoms with E-state index in [1.807, 2.05) is 0 Å². The van der Waals surface area contributed by atoms with Crippen LogP contribution in [0.2, 0.25) is 0 Å². The smallest absolute Gasteiger partial charge is 0.122 e. The van der Waals surface area contributed by atoms with Gasteiger partial charge in [0.05, 0.1) is 17.5 Å². The Hall–Kier alpha value is -0.540. The first kappa shape index (κ1) is 12.5. The predicted octanol–water partition coefficient (Wildman–Crippen LogP) is 4.02. The molecular formula is C15H19BrO2. The first-order chi connectivity index (χ1) is 8.84. The Labute approximate surface area is 117 Å². The molecule has 1 aromatic rings. The van der Waals surface area contributed by atoms with E-state index in [4.69, 9.17) is 9.47 Å². The molecule has 0 radical (unpaired) electrons. The zero-order chi connectivity index (χ0) is 12.4. The van der Waals surface area contributed by atoms with Gasteiger partial charge in [0.1, 0.15) is 5.75 Å². The van der Waals surface area contributed by atoms with Crippen LogP contribution in [0.4, 0.5) is 0 Å². The highest BCUT2D eigenvalue weighted by atomic mass is 79.9. The fourth-order valence-electron chi connectivity index (χ4n) is 2.76. The van der Waals surface area contributed by atoms with Crippen LogP contribution in [0.15, 0.2) is 18.2 Å². The van der Waals surface area contributed by atoms with Gasteiger partial charge in [0.15, 0.2) is 0 Å². The fourth-order valence-corrected chi connectivity index (χ4v) is 3.46. The van der Waals surface area contributed by atoms with Crippen molar-refractivity contribution >= 4 is 15.9 Å². The summed E-state index contributed by atoms with van der Waals surface area (Å²) in [5.74, 6) is 1.06. The molecule has 2 unspecified atom stereocenters. The maximum atomic E-state index is 5.86. The van der Waals surface area contributed by atoms with Crippen molar-refractivity contribution < 1.29 is 9.47 Å². The molecule has 2 nitrogen and oxygen atoms in total. The molecule has 1 saturated heterocycles. The van der Waals surface area contributed by atoms with E-state index < -0.39 is 0 Å². The Bertz CT molecular complexity index is 413. The Morgan fingerprint density at radius 1 is 1.17 bits per heavy atom. The lowest BCUT2D eigenvalue weighted by molar-refractivity contribution is 0.0160. The van der Waals surface area contributed by atoms with E-state index in [0.29, 0.717) is 10.9 Å². The molecule has 0 aliphatic carbocycles. The summed E-state index contributed by atoms with van der Waals surface area (Å²) in [5.41, 5.74) is 2.67. The summed E-state index contributed by atoms with van der Waals surface area (Å²) in [7, 11) is 0. The quantitative estimate of drug-likeness (QED) is 0.768. The second kappa shape index (κ2) is 5.62. The van der Waals surface area contributed by atoms with Gasteiger partial charge in [-0.2, -0.15) is 0 Å². The van der Waals surface area contributed by atoms with Crippen LogP contribution in [-0.4, -0.2) is 19.3 Å². The third kappa shape index (κ3) is 2.57. The molecule has 1 fully saturated rings. The molecule has 0 spiro atoms. The summed E-state index contributed by atoms with van der Waals surface area (Å²) >= 11 is 3.81. The minimum absolute atomic E-state index is 0.310. The SMILES string of the molecule is BrC(c1ccc2c(c1)CCCO2)C1CCCCO1. The van der Waals surface area contributed by atoms with Gasteiger partial charge in [-0.3, -0.25) is 0 Å². The number of alkyl halides is 1. The number of hydrogen-bond acceptors (Lipinski definition) is 2. The number of halogens is 1. The van der Waals surface area contributed by atoms with E-state index in [1.165, 1.54) is 24.0 Å². The fraction of sp³-hybridized carbons (Fsp3) is 0.600. The van der Waals surface area contributed by atoms with Crippen LogP contribution in [0.1, 0.15) is 41.6 Å². The lowest BCUT2D eigenvalue weighted by Crippen LogP contribution is -2.23. The van der Waals surface area contributed by atoms with Crippen molar-refractivity contribution in [2.45, 2.75) is 43.0 Å². The molecule has 3 rings (SSSR count). The monoisotopic (exact) mass is 310 g/mol. The van der Waals surface area contributed by atoms with Crippen molar-refractivity contribution in [3.8, 4) is 5.75 Å². The number of rotatable bonds is 2. The Morgan fingerprint density at radius 2 is 2.11 bits per heavy atom. The molecule has 18 heavy (non-hydrogen) atoms. The van der Waals surface area contributed by atoms with Gasteiger partial charge in [-0.05, 0) is 49.3 Å². The van der Waals surface area contributed by atoms with Gasteiger partial charge in [-0.1, -0.05) is 28.1 Å². The highest BCUT2D eigenvalue weighted by molar-refractivity contribution is 9.09. The van der Waals surface area contributed by atoms with Crippen molar-refractivity contribution in [3.63, 3.8) is 0 Å². The van der Waals surface area contributed by atoms with E-state index in [1.54, 1.807) is 0 Å². The van der Waals surface area contributed by atoms with Crippen LogP contribution in [0.25, 0.3) is 0 Å². The van der Waals surface area contributed by atoms with Gasteiger partial charge in [0.2, 0.25) is 0 Å². The average Bonchev–Trinajstić information content (AvgIpc) is 2.47. The maximum absolute atomic E-state index is 5.86. The van der Waals surface area contributed by atoms with Crippen molar-refractivity contribution in [2.24, 2.45) is 0 Å². The van der Waals surface area contributed by atoms with E-state index in [9.17, 15) is 0 Å². The summed E-state index contributed by atoms with van der Waals surface area (Å²) in [4.78, 5) is 0.310. The molecule has 0 amide bonds. The van der Waals surface area contributed by atoms with Crippen LogP contribution in [0, 0.1) is 0 Å². The Morgan fingerprint density at radius 3 is 2.94 bits per heavy atom. The largest absolute Gasteiger partial charge is 0.493 e. The lowest BCUT2D eigenvalue weighted by atomic mass is 9.97. The Kier molecular flexibility index (Phi) is 3.90. The minimum Gasteiger partial charge on any atom is -0.493 e. The maximum Gasteiger partial charge on any atom is 0.122 e. The molecule has 3 heteroatoms. The molecule has 0 aromatic heterocycles. The number of benzene rings is 1. The molecule has 0 bridgehead atoms.